The molecule has 0 aromatic carbocycles. The molecule has 210 valence electrons. The molecular weight excluding hydrogens is 496 g/mol. The van der Waals surface area contributed by atoms with Crippen molar-refractivity contribution in [1.29, 1.82) is 0 Å². The molecule has 10 heteroatoms. The minimum Gasteiger partial charge on any atom is -0.477 e. The number of nitrogens with one attached hydrogen (secondary N) is 1. The van der Waals surface area contributed by atoms with Crippen LogP contribution in [0.3, 0.4) is 0 Å². The largest absolute Gasteiger partial charge is 0.477 e. The maximum absolute atomic E-state index is 13.5. The van der Waals surface area contributed by atoms with E-state index < -0.39 is 12.2 Å². The molecule has 6 rings (SSSR count). The van der Waals surface area contributed by atoms with Crippen LogP contribution in [0.4, 0.5) is 14.6 Å². The summed E-state index contributed by atoms with van der Waals surface area (Å²) in [7, 11) is 1.41. The summed E-state index contributed by atoms with van der Waals surface area (Å²) in [5.74, 6) is 1.43. The van der Waals surface area contributed by atoms with Crippen molar-refractivity contribution in [3.8, 4) is 5.88 Å². The van der Waals surface area contributed by atoms with Crippen LogP contribution in [0.15, 0.2) is 12.1 Å². The third kappa shape index (κ3) is 5.75. The number of hydrogen-bond acceptors (Lipinski definition) is 7. The summed E-state index contributed by atoms with van der Waals surface area (Å²) >= 11 is 0. The number of alkyl halides is 2. The average Bonchev–Trinajstić information content (AvgIpc) is 2.88. The van der Waals surface area contributed by atoms with E-state index in [2.05, 4.69) is 10.2 Å². The summed E-state index contributed by atoms with van der Waals surface area (Å²) in [4.78, 5) is 32.2. The van der Waals surface area contributed by atoms with Crippen molar-refractivity contribution < 1.29 is 32.6 Å². The summed E-state index contributed by atoms with van der Waals surface area (Å²) < 4.78 is 42.2. The number of halogens is 2. The van der Waals surface area contributed by atoms with Gasteiger partial charge in [0, 0.05) is 25.6 Å². The molecule has 1 N–H and O–H groups in total. The molecule has 5 fully saturated rings. The monoisotopic (exact) mass is 535 g/mol. The SMILES string of the molecule is CCCOc1nc(N2CCC[C@@H](CC(=O)OC)C2)ccc1C(=O)N[C@H]1C2CC3CC1C[C@](OC(F)F)(C3)C2. The highest BCUT2D eigenvalue weighted by Gasteiger charge is 2.57. The predicted molar refractivity (Wildman–Crippen MR) is 136 cm³/mol. The lowest BCUT2D eigenvalue weighted by atomic mass is 9.52. The molecule has 2 heterocycles. The number of pyridine rings is 1. The fourth-order valence-corrected chi connectivity index (χ4v) is 7.59. The second kappa shape index (κ2) is 11.3. The summed E-state index contributed by atoms with van der Waals surface area (Å²) in [5, 5.41) is 3.23. The zero-order chi connectivity index (χ0) is 26.9. The Morgan fingerprint density at radius 2 is 1.97 bits per heavy atom. The number of piperidine rings is 1. The highest BCUT2D eigenvalue weighted by Crippen LogP contribution is 2.57. The van der Waals surface area contributed by atoms with Crippen LogP contribution >= 0.6 is 0 Å². The number of carbonyl (C=O) groups excluding carboxylic acids is 2. The molecule has 1 aromatic rings. The third-order valence-corrected chi connectivity index (χ3v) is 8.91. The molecule has 4 saturated carbocycles. The number of aromatic nitrogens is 1. The first kappa shape index (κ1) is 27.1. The minimum absolute atomic E-state index is 0.0617. The van der Waals surface area contributed by atoms with E-state index in [-0.39, 0.29) is 35.7 Å². The van der Waals surface area contributed by atoms with Gasteiger partial charge in [0.2, 0.25) is 5.88 Å². The number of rotatable bonds is 10. The third-order valence-electron chi connectivity index (χ3n) is 8.91. The number of esters is 1. The lowest BCUT2D eigenvalue weighted by Crippen LogP contribution is -2.62. The maximum Gasteiger partial charge on any atom is 0.345 e. The Balaban J connectivity index is 1.30. The van der Waals surface area contributed by atoms with Crippen LogP contribution in [-0.4, -0.2) is 61.9 Å². The molecule has 1 amide bonds. The second-order valence-corrected chi connectivity index (χ2v) is 11.6. The van der Waals surface area contributed by atoms with Gasteiger partial charge in [-0.25, -0.2) is 0 Å². The van der Waals surface area contributed by atoms with Crippen LogP contribution in [0.5, 0.6) is 5.88 Å². The van der Waals surface area contributed by atoms with E-state index in [1.54, 1.807) is 6.07 Å². The van der Waals surface area contributed by atoms with Gasteiger partial charge in [-0.3, -0.25) is 9.59 Å². The van der Waals surface area contributed by atoms with Crippen LogP contribution in [0.1, 0.15) is 75.1 Å². The molecule has 1 aliphatic heterocycles. The summed E-state index contributed by atoms with van der Waals surface area (Å²) in [5.41, 5.74) is -0.359. The van der Waals surface area contributed by atoms with E-state index in [4.69, 9.17) is 19.2 Å². The summed E-state index contributed by atoms with van der Waals surface area (Å²) in [6.45, 7) is 1.18. The van der Waals surface area contributed by atoms with E-state index >= 15 is 0 Å². The van der Waals surface area contributed by atoms with Gasteiger partial charge < -0.3 is 24.4 Å². The van der Waals surface area contributed by atoms with Gasteiger partial charge in [0.15, 0.2) is 0 Å². The number of methoxy groups -OCH3 is 1. The van der Waals surface area contributed by atoms with E-state index in [0.29, 0.717) is 56.2 Å². The highest BCUT2D eigenvalue weighted by molar-refractivity contribution is 5.97. The van der Waals surface area contributed by atoms with Crippen LogP contribution in [0, 0.1) is 23.7 Å². The zero-order valence-electron chi connectivity index (χ0n) is 22.3. The van der Waals surface area contributed by atoms with E-state index in [9.17, 15) is 18.4 Å². The molecule has 5 aliphatic rings. The molecule has 2 unspecified atom stereocenters. The van der Waals surface area contributed by atoms with Crippen molar-refractivity contribution in [2.24, 2.45) is 23.7 Å². The Morgan fingerprint density at radius 3 is 2.66 bits per heavy atom. The molecule has 3 atom stereocenters. The van der Waals surface area contributed by atoms with Crippen molar-refractivity contribution in [3.05, 3.63) is 17.7 Å². The van der Waals surface area contributed by atoms with Gasteiger partial charge in [-0.2, -0.15) is 13.8 Å². The van der Waals surface area contributed by atoms with E-state index in [1.807, 2.05) is 13.0 Å². The number of anilines is 1. The molecule has 1 aromatic heterocycles. The van der Waals surface area contributed by atoms with Gasteiger partial charge in [0.05, 0.1) is 19.3 Å². The fraction of sp³-hybridized carbons (Fsp3) is 0.750. The molecule has 1 saturated heterocycles. The van der Waals surface area contributed by atoms with Crippen molar-refractivity contribution >= 4 is 17.7 Å². The van der Waals surface area contributed by atoms with Crippen molar-refractivity contribution in [3.63, 3.8) is 0 Å². The Labute approximate surface area is 222 Å². The Bertz CT molecular complexity index is 1000. The second-order valence-electron chi connectivity index (χ2n) is 11.6. The molecule has 4 aliphatic carbocycles. The first-order valence-electron chi connectivity index (χ1n) is 14.0. The number of hydrogen-bond donors (Lipinski definition) is 1. The molecule has 38 heavy (non-hydrogen) atoms. The van der Waals surface area contributed by atoms with Gasteiger partial charge in [-0.15, -0.1) is 0 Å². The van der Waals surface area contributed by atoms with Crippen LogP contribution < -0.4 is 15.0 Å². The molecule has 0 spiro atoms. The first-order valence-corrected chi connectivity index (χ1v) is 14.0. The smallest absolute Gasteiger partial charge is 0.345 e. The fourth-order valence-electron chi connectivity index (χ4n) is 7.59. The van der Waals surface area contributed by atoms with Gasteiger partial charge in [-0.1, -0.05) is 6.92 Å². The molecule has 0 radical (unpaired) electrons. The number of carbonyl (C=O) groups is 2. The Kier molecular flexibility index (Phi) is 8.07. The standard InChI is InChI=1S/C28H39F2N3O5/c1-3-9-37-26-21(6-7-22(31-26)33-8-4-5-17(16-33)12-23(34)36-2)25(35)32-24-19-10-18-11-20(24)15-28(13-18,14-19)38-27(29)30/h6-7,17-20,24,27H,3-5,8-16H2,1-2H3,(H,32,35)/t17-,18?,19?,20?,24-,28-/m0/s1. The van der Waals surface area contributed by atoms with Gasteiger partial charge in [0.25, 0.3) is 5.91 Å². The van der Waals surface area contributed by atoms with Crippen LogP contribution in [-0.2, 0) is 14.3 Å². The summed E-state index contributed by atoms with van der Waals surface area (Å²) in [6, 6.07) is 3.55. The van der Waals surface area contributed by atoms with Crippen LogP contribution in [0.25, 0.3) is 0 Å². The molecular formula is C28H39F2N3O5. The molecule has 4 bridgehead atoms. The quantitative estimate of drug-likeness (QED) is 0.439. The molecule has 8 nitrogen and oxygen atoms in total. The van der Waals surface area contributed by atoms with Gasteiger partial charge in [0.1, 0.15) is 11.4 Å². The Morgan fingerprint density at radius 1 is 1.21 bits per heavy atom. The lowest BCUT2D eigenvalue weighted by Gasteiger charge is -2.59. The van der Waals surface area contributed by atoms with Gasteiger partial charge in [-0.05, 0) is 87.2 Å². The first-order chi connectivity index (χ1) is 18.3. The Hall–Kier alpha value is -2.49. The van der Waals surface area contributed by atoms with Crippen molar-refractivity contribution in [2.45, 2.75) is 83.0 Å². The van der Waals surface area contributed by atoms with E-state index in [0.717, 1.165) is 44.5 Å². The minimum atomic E-state index is -2.77. The summed E-state index contributed by atoms with van der Waals surface area (Å²) in [6.07, 6.45) is 6.75. The number of ether oxygens (including phenoxy) is 3. The van der Waals surface area contributed by atoms with Crippen molar-refractivity contribution in [2.75, 3.05) is 31.7 Å². The van der Waals surface area contributed by atoms with Crippen molar-refractivity contribution in [1.82, 2.24) is 10.3 Å². The maximum atomic E-state index is 13.5. The number of nitrogens with zero attached hydrogens (tertiary/aromatic N) is 2. The normalized spacial score (nSPS) is 31.9. The van der Waals surface area contributed by atoms with Gasteiger partial charge >= 0.3 is 12.6 Å². The van der Waals surface area contributed by atoms with Crippen LogP contribution in [0.2, 0.25) is 0 Å². The van der Waals surface area contributed by atoms with E-state index in [1.165, 1.54) is 7.11 Å². The topological polar surface area (TPSA) is 90.0 Å². The lowest BCUT2D eigenvalue weighted by molar-refractivity contribution is -0.260. The number of amides is 1. The average molecular weight is 536 g/mol. The highest BCUT2D eigenvalue weighted by atomic mass is 19.3. The predicted octanol–water partition coefficient (Wildman–Crippen LogP) is 4.57. The zero-order valence-corrected chi connectivity index (χ0v) is 22.3.